The van der Waals surface area contributed by atoms with E-state index in [0.717, 1.165) is 0 Å². The Morgan fingerprint density at radius 2 is 2.25 bits per heavy atom. The van der Waals surface area contributed by atoms with Crippen molar-refractivity contribution in [3.63, 3.8) is 0 Å². The fourth-order valence-electron chi connectivity index (χ4n) is 2.38. The molecule has 0 aliphatic carbocycles. The van der Waals surface area contributed by atoms with Crippen LogP contribution in [0.3, 0.4) is 0 Å². The second-order valence-corrected chi connectivity index (χ2v) is 5.70. The average molecular weight is 337 g/mol. The highest BCUT2D eigenvalue weighted by molar-refractivity contribution is 6.01. The highest BCUT2D eigenvalue weighted by Crippen LogP contribution is 2.18. The minimum atomic E-state index is -0.865. The van der Waals surface area contributed by atoms with Crippen LogP contribution < -0.4 is 5.32 Å². The van der Waals surface area contributed by atoms with Crippen LogP contribution in [0.15, 0.2) is 23.1 Å². The Kier molecular flexibility index (Phi) is 7.09. The lowest BCUT2D eigenvalue weighted by molar-refractivity contribution is -0.520. The third kappa shape index (κ3) is 4.90. The molecule has 0 spiro atoms. The van der Waals surface area contributed by atoms with Gasteiger partial charge in [0.1, 0.15) is 5.69 Å². The smallest absolute Gasteiger partial charge is 0.272 e. The first-order valence-corrected chi connectivity index (χ1v) is 7.64. The number of nitro groups is 1. The normalized spacial score (nSPS) is 13.9. The Morgan fingerprint density at radius 1 is 1.58 bits per heavy atom. The van der Waals surface area contributed by atoms with E-state index >= 15 is 0 Å². The molecule has 24 heavy (non-hydrogen) atoms. The van der Waals surface area contributed by atoms with E-state index in [1.165, 1.54) is 12.4 Å². The Labute approximate surface area is 140 Å². The van der Waals surface area contributed by atoms with Crippen molar-refractivity contribution in [2.75, 3.05) is 6.54 Å². The third-order valence-corrected chi connectivity index (χ3v) is 3.60. The van der Waals surface area contributed by atoms with Gasteiger partial charge in [-0.2, -0.15) is 0 Å². The van der Waals surface area contributed by atoms with Gasteiger partial charge in [0.2, 0.25) is 6.04 Å². The van der Waals surface area contributed by atoms with Crippen LogP contribution in [0.5, 0.6) is 0 Å². The molecule has 0 saturated carbocycles. The second-order valence-electron chi connectivity index (χ2n) is 5.70. The van der Waals surface area contributed by atoms with E-state index in [1.807, 2.05) is 0 Å². The monoisotopic (exact) mass is 337 g/mol. The van der Waals surface area contributed by atoms with Gasteiger partial charge >= 0.3 is 0 Å². The van der Waals surface area contributed by atoms with Crippen LogP contribution in [0, 0.1) is 23.0 Å². The Bertz CT molecular complexity index is 648. The summed E-state index contributed by atoms with van der Waals surface area (Å²) < 4.78 is 0. The van der Waals surface area contributed by atoms with Gasteiger partial charge in [0, 0.05) is 22.1 Å². The molecule has 1 amide bonds. The van der Waals surface area contributed by atoms with Crippen molar-refractivity contribution in [3.8, 4) is 0 Å². The Morgan fingerprint density at radius 3 is 2.67 bits per heavy atom. The highest BCUT2D eigenvalue weighted by atomic mass is 16.6. The number of nitrogens with one attached hydrogen (secondary N) is 2. The molecule has 0 radical (unpaired) electrons. The number of hydrogen-bond acceptors (Lipinski definition) is 6. The van der Waals surface area contributed by atoms with Gasteiger partial charge in [-0.3, -0.25) is 14.9 Å². The molecule has 9 heteroatoms. The van der Waals surface area contributed by atoms with E-state index in [-0.39, 0.29) is 28.8 Å². The molecular formula is C15H23N5O4. The summed E-state index contributed by atoms with van der Waals surface area (Å²) in [6.45, 7) is 6.96. The van der Waals surface area contributed by atoms with Crippen molar-refractivity contribution in [1.29, 1.82) is 0 Å². The van der Waals surface area contributed by atoms with Crippen LogP contribution in [0.2, 0.25) is 0 Å². The van der Waals surface area contributed by atoms with Crippen molar-refractivity contribution >= 4 is 11.6 Å². The van der Waals surface area contributed by atoms with Crippen LogP contribution in [0.4, 0.5) is 0 Å². The fourth-order valence-corrected chi connectivity index (χ4v) is 2.38. The summed E-state index contributed by atoms with van der Waals surface area (Å²) in [4.78, 5) is 29.6. The first-order valence-electron chi connectivity index (χ1n) is 7.64. The number of imidazole rings is 1. The molecule has 0 saturated heterocycles. The van der Waals surface area contributed by atoms with Gasteiger partial charge < -0.3 is 15.5 Å². The zero-order valence-corrected chi connectivity index (χ0v) is 14.2. The van der Waals surface area contributed by atoms with Crippen molar-refractivity contribution < 1.29 is 14.9 Å². The molecule has 0 aliphatic rings. The SMILES string of the molecule is CCC(=CC(CNC(=O)c1nc[nH]c1C)=NO)C(C(C)C)[N+](=O)[O-]. The van der Waals surface area contributed by atoms with Gasteiger partial charge in [-0.1, -0.05) is 25.9 Å². The second kappa shape index (κ2) is 8.80. The van der Waals surface area contributed by atoms with Crippen molar-refractivity contribution in [2.45, 2.75) is 40.2 Å². The number of aromatic amines is 1. The quantitative estimate of drug-likeness (QED) is 0.288. The lowest BCUT2D eigenvalue weighted by Gasteiger charge is -2.15. The summed E-state index contributed by atoms with van der Waals surface area (Å²) in [5.74, 6) is -0.622. The van der Waals surface area contributed by atoms with E-state index in [0.29, 0.717) is 17.7 Å². The van der Waals surface area contributed by atoms with Crippen LogP contribution in [0.1, 0.15) is 43.4 Å². The van der Waals surface area contributed by atoms with E-state index in [2.05, 4.69) is 20.4 Å². The van der Waals surface area contributed by atoms with Gasteiger partial charge in [-0.15, -0.1) is 0 Å². The molecule has 0 bridgehead atoms. The zero-order chi connectivity index (χ0) is 18.3. The summed E-state index contributed by atoms with van der Waals surface area (Å²) in [5, 5.41) is 26.1. The standard InChI is InChI=1S/C15H23N5O4/c1-5-11(14(9(2)3)20(23)24)6-12(19-22)7-16-15(21)13-10(4)17-8-18-13/h6,8-9,14,22H,5,7H2,1-4H3,(H,16,21)(H,17,18). The van der Waals surface area contributed by atoms with E-state index in [4.69, 9.17) is 5.21 Å². The maximum Gasteiger partial charge on any atom is 0.272 e. The molecule has 132 valence electrons. The predicted octanol–water partition coefficient (Wildman–Crippen LogP) is 1.92. The largest absolute Gasteiger partial charge is 0.411 e. The number of hydrogen-bond donors (Lipinski definition) is 3. The Balaban J connectivity index is 2.87. The van der Waals surface area contributed by atoms with Gasteiger partial charge in [0.25, 0.3) is 5.91 Å². The lowest BCUT2D eigenvalue weighted by Crippen LogP contribution is -2.31. The van der Waals surface area contributed by atoms with Crippen molar-refractivity contribution in [1.82, 2.24) is 15.3 Å². The van der Waals surface area contributed by atoms with Gasteiger partial charge in [-0.05, 0) is 19.4 Å². The molecule has 1 aromatic heterocycles. The summed E-state index contributed by atoms with van der Waals surface area (Å²) in [7, 11) is 0. The molecule has 1 aromatic rings. The number of nitrogens with zero attached hydrogens (tertiary/aromatic N) is 3. The third-order valence-electron chi connectivity index (χ3n) is 3.60. The van der Waals surface area contributed by atoms with E-state index in [1.54, 1.807) is 27.7 Å². The van der Waals surface area contributed by atoms with Gasteiger partial charge in [0.05, 0.1) is 18.6 Å². The predicted molar refractivity (Wildman–Crippen MR) is 88.9 cm³/mol. The fraction of sp³-hybridized carbons (Fsp3) is 0.533. The maximum atomic E-state index is 12.0. The first-order chi connectivity index (χ1) is 11.3. The Hall–Kier alpha value is -2.71. The summed E-state index contributed by atoms with van der Waals surface area (Å²) >= 11 is 0. The first kappa shape index (κ1) is 19.3. The minimum absolute atomic E-state index is 0.0618. The van der Waals surface area contributed by atoms with Crippen LogP contribution >= 0.6 is 0 Å². The molecule has 0 aromatic carbocycles. The number of H-pyrrole nitrogens is 1. The molecule has 0 fully saturated rings. The zero-order valence-electron chi connectivity index (χ0n) is 14.2. The number of aromatic nitrogens is 2. The number of aryl methyl sites for hydroxylation is 1. The van der Waals surface area contributed by atoms with Crippen molar-refractivity contribution in [2.24, 2.45) is 11.1 Å². The van der Waals surface area contributed by atoms with E-state index in [9.17, 15) is 14.9 Å². The van der Waals surface area contributed by atoms with E-state index < -0.39 is 11.9 Å². The molecular weight excluding hydrogens is 314 g/mol. The number of rotatable bonds is 8. The summed E-state index contributed by atoms with van der Waals surface area (Å²) in [6.07, 6.45) is 3.31. The minimum Gasteiger partial charge on any atom is -0.411 e. The number of oxime groups is 1. The molecule has 1 atom stereocenters. The van der Waals surface area contributed by atoms with Crippen molar-refractivity contribution in [3.05, 3.63) is 39.5 Å². The van der Waals surface area contributed by atoms with Crippen LogP contribution in [0.25, 0.3) is 0 Å². The highest BCUT2D eigenvalue weighted by Gasteiger charge is 2.28. The number of carbonyl (C=O) groups excluding carboxylic acids is 1. The molecule has 1 unspecified atom stereocenters. The molecule has 1 rings (SSSR count). The number of carbonyl (C=O) groups is 1. The molecule has 1 heterocycles. The van der Waals surface area contributed by atoms with Gasteiger partial charge in [-0.25, -0.2) is 4.98 Å². The molecule has 9 nitrogen and oxygen atoms in total. The van der Waals surface area contributed by atoms with Crippen LogP contribution in [-0.4, -0.2) is 44.3 Å². The van der Waals surface area contributed by atoms with Crippen LogP contribution in [-0.2, 0) is 0 Å². The van der Waals surface area contributed by atoms with Gasteiger partial charge in [0.15, 0.2) is 0 Å². The molecule has 0 aliphatic heterocycles. The molecule has 3 N–H and O–H groups in total. The summed E-state index contributed by atoms with van der Waals surface area (Å²) in [6, 6.07) is -0.865. The lowest BCUT2D eigenvalue weighted by atomic mass is 9.93. The maximum absolute atomic E-state index is 12.0. The topological polar surface area (TPSA) is 134 Å². The number of amides is 1. The summed E-state index contributed by atoms with van der Waals surface area (Å²) in [5.41, 5.74) is 1.54. The average Bonchev–Trinajstić information content (AvgIpc) is 2.95.